The highest BCUT2D eigenvalue weighted by Crippen LogP contribution is 2.41. The Hall–Kier alpha value is -1.62. The second-order valence-electron chi connectivity index (χ2n) is 5.98. The van der Waals surface area contributed by atoms with Gasteiger partial charge in [0, 0.05) is 5.56 Å². The van der Waals surface area contributed by atoms with Crippen LogP contribution in [0.25, 0.3) is 11.1 Å². The first-order valence-corrected chi connectivity index (χ1v) is 8.41. The Balaban J connectivity index is 2.10. The molecule has 3 N–H and O–H groups in total. The van der Waals surface area contributed by atoms with E-state index in [2.05, 4.69) is 0 Å². The Morgan fingerprint density at radius 2 is 1.83 bits per heavy atom. The van der Waals surface area contributed by atoms with E-state index in [4.69, 9.17) is 34.0 Å². The molecule has 0 radical (unpaired) electrons. The third-order valence-electron chi connectivity index (χ3n) is 4.41. The number of benzene rings is 2. The van der Waals surface area contributed by atoms with Crippen molar-refractivity contribution in [3.05, 3.63) is 56.8 Å². The third-order valence-corrected chi connectivity index (χ3v) is 5.01. The number of hydrogen-bond acceptors (Lipinski definition) is 2. The van der Waals surface area contributed by atoms with Gasteiger partial charge < -0.3 is 10.8 Å². The Kier molecular flexibility index (Phi) is 4.81. The molecule has 1 aliphatic rings. The third kappa shape index (κ3) is 3.14. The van der Waals surface area contributed by atoms with Gasteiger partial charge in [0.15, 0.2) is 0 Å². The van der Waals surface area contributed by atoms with E-state index < -0.39 is 17.8 Å². The van der Waals surface area contributed by atoms with E-state index in [0.717, 1.165) is 41.5 Å². The number of fused-ring (bicyclic) bond motifs is 1. The van der Waals surface area contributed by atoms with Crippen LogP contribution in [0, 0.1) is 5.82 Å². The molecule has 6 heteroatoms. The van der Waals surface area contributed by atoms with E-state index >= 15 is 0 Å². The summed E-state index contributed by atoms with van der Waals surface area (Å²) < 4.78 is 13.4. The van der Waals surface area contributed by atoms with Crippen LogP contribution in [0.1, 0.15) is 23.1 Å². The molecular weight excluding hydrogens is 352 g/mol. The van der Waals surface area contributed by atoms with Crippen LogP contribution in [-0.2, 0) is 24.1 Å². The molecule has 0 saturated heterocycles. The predicted octanol–water partition coefficient (Wildman–Crippen LogP) is 4.24. The fraction of sp³-hybridized carbons (Fsp3) is 0.278. The number of carbonyl (C=O) groups is 1. The summed E-state index contributed by atoms with van der Waals surface area (Å²) in [6, 6.07) is 5.31. The van der Waals surface area contributed by atoms with Gasteiger partial charge in [0.1, 0.15) is 11.9 Å². The average molecular weight is 368 g/mol. The van der Waals surface area contributed by atoms with Crippen molar-refractivity contribution < 1.29 is 14.3 Å². The maximum Gasteiger partial charge on any atom is 0.320 e. The van der Waals surface area contributed by atoms with Crippen molar-refractivity contribution in [2.24, 2.45) is 5.73 Å². The van der Waals surface area contributed by atoms with Gasteiger partial charge in [-0.05, 0) is 60.1 Å². The summed E-state index contributed by atoms with van der Waals surface area (Å²) in [5, 5.41) is 9.56. The molecule has 1 atom stereocenters. The molecule has 0 fully saturated rings. The van der Waals surface area contributed by atoms with E-state index in [1.54, 1.807) is 0 Å². The molecule has 0 aliphatic heterocycles. The van der Waals surface area contributed by atoms with Gasteiger partial charge in [0.25, 0.3) is 0 Å². The summed E-state index contributed by atoms with van der Waals surface area (Å²) in [5.41, 5.74) is 10.3. The number of rotatable bonds is 4. The minimum absolute atomic E-state index is 0.268. The number of hydrogen-bond donors (Lipinski definition) is 2. The van der Waals surface area contributed by atoms with Crippen molar-refractivity contribution in [2.75, 3.05) is 0 Å². The number of carboxylic acids is 1. The van der Waals surface area contributed by atoms with Crippen molar-refractivity contribution in [3.8, 4) is 11.1 Å². The van der Waals surface area contributed by atoms with E-state index in [-0.39, 0.29) is 16.5 Å². The van der Waals surface area contributed by atoms with E-state index in [1.165, 1.54) is 12.1 Å². The van der Waals surface area contributed by atoms with Crippen LogP contribution in [-0.4, -0.2) is 17.1 Å². The molecule has 2 aromatic carbocycles. The summed E-state index contributed by atoms with van der Waals surface area (Å²) in [5.74, 6) is -1.50. The van der Waals surface area contributed by atoms with Crippen LogP contribution in [0.3, 0.4) is 0 Å². The molecule has 24 heavy (non-hydrogen) atoms. The summed E-state index contributed by atoms with van der Waals surface area (Å²) in [4.78, 5) is 11.0. The zero-order valence-corrected chi connectivity index (χ0v) is 14.3. The first-order valence-electron chi connectivity index (χ1n) is 7.65. The highest BCUT2D eigenvalue weighted by molar-refractivity contribution is 6.39. The molecule has 1 aliphatic carbocycles. The van der Waals surface area contributed by atoms with Gasteiger partial charge in [0.05, 0.1) is 10.0 Å². The first kappa shape index (κ1) is 17.2. The van der Waals surface area contributed by atoms with E-state index in [0.29, 0.717) is 5.56 Å². The normalized spacial score (nSPS) is 14.5. The molecule has 0 aromatic heterocycles. The molecule has 0 heterocycles. The molecule has 0 bridgehead atoms. The van der Waals surface area contributed by atoms with Gasteiger partial charge in [-0.3, -0.25) is 4.79 Å². The predicted molar refractivity (Wildman–Crippen MR) is 93.2 cm³/mol. The van der Waals surface area contributed by atoms with Crippen molar-refractivity contribution in [2.45, 2.75) is 31.7 Å². The fourth-order valence-electron chi connectivity index (χ4n) is 3.33. The molecule has 2 aromatic rings. The van der Waals surface area contributed by atoms with E-state index in [9.17, 15) is 9.18 Å². The van der Waals surface area contributed by atoms with Crippen molar-refractivity contribution in [1.82, 2.24) is 0 Å². The minimum atomic E-state index is -1.02. The largest absolute Gasteiger partial charge is 0.480 e. The van der Waals surface area contributed by atoms with Crippen LogP contribution < -0.4 is 5.73 Å². The molecule has 0 spiro atoms. The number of carboxylic acid groups (broad SMARTS) is 1. The molecule has 1 unspecified atom stereocenters. The molecule has 0 saturated carbocycles. The molecule has 3 rings (SSSR count). The van der Waals surface area contributed by atoms with Gasteiger partial charge in [-0.1, -0.05) is 35.3 Å². The van der Waals surface area contributed by atoms with Crippen molar-refractivity contribution in [3.63, 3.8) is 0 Å². The average Bonchev–Trinajstić information content (AvgIpc) is 2.98. The van der Waals surface area contributed by atoms with Crippen LogP contribution >= 0.6 is 23.2 Å². The number of halogens is 3. The Morgan fingerprint density at radius 1 is 1.21 bits per heavy atom. The SMILES string of the molecule is NC(Cc1ccc(-c2c(Cl)cc(F)cc2Cl)c2c1CCC2)C(=O)O. The summed E-state index contributed by atoms with van der Waals surface area (Å²) in [7, 11) is 0. The Labute approximate surface area is 149 Å². The highest BCUT2D eigenvalue weighted by atomic mass is 35.5. The monoisotopic (exact) mass is 367 g/mol. The van der Waals surface area contributed by atoms with Crippen LogP contribution in [0.15, 0.2) is 24.3 Å². The van der Waals surface area contributed by atoms with Gasteiger partial charge in [0.2, 0.25) is 0 Å². The second kappa shape index (κ2) is 6.71. The lowest BCUT2D eigenvalue weighted by atomic mass is 9.91. The van der Waals surface area contributed by atoms with Gasteiger partial charge in [-0.25, -0.2) is 4.39 Å². The lowest BCUT2D eigenvalue weighted by molar-refractivity contribution is -0.138. The maximum absolute atomic E-state index is 13.4. The zero-order valence-electron chi connectivity index (χ0n) is 12.8. The summed E-state index contributed by atoms with van der Waals surface area (Å²) in [6.45, 7) is 0. The maximum atomic E-state index is 13.4. The second-order valence-corrected chi connectivity index (χ2v) is 6.79. The van der Waals surface area contributed by atoms with Gasteiger partial charge in [-0.15, -0.1) is 0 Å². The van der Waals surface area contributed by atoms with Crippen molar-refractivity contribution in [1.29, 1.82) is 0 Å². The number of aliphatic carboxylic acids is 1. The Morgan fingerprint density at radius 3 is 2.46 bits per heavy atom. The Bertz CT molecular complexity index is 800. The molecular formula is C18H16Cl2FNO2. The molecule has 0 amide bonds. The van der Waals surface area contributed by atoms with Crippen LogP contribution in [0.5, 0.6) is 0 Å². The van der Waals surface area contributed by atoms with Crippen LogP contribution in [0.2, 0.25) is 10.0 Å². The quantitative estimate of drug-likeness (QED) is 0.849. The highest BCUT2D eigenvalue weighted by Gasteiger charge is 2.24. The van der Waals surface area contributed by atoms with Gasteiger partial charge in [-0.2, -0.15) is 0 Å². The smallest absolute Gasteiger partial charge is 0.320 e. The zero-order chi connectivity index (χ0) is 17.4. The van der Waals surface area contributed by atoms with Crippen molar-refractivity contribution >= 4 is 29.2 Å². The molecule has 126 valence electrons. The fourth-order valence-corrected chi connectivity index (χ4v) is 3.99. The number of nitrogens with two attached hydrogens (primary N) is 1. The minimum Gasteiger partial charge on any atom is -0.480 e. The summed E-state index contributed by atoms with van der Waals surface area (Å²) >= 11 is 12.4. The molecule has 3 nitrogen and oxygen atoms in total. The lowest BCUT2D eigenvalue weighted by Crippen LogP contribution is -2.32. The first-order chi connectivity index (χ1) is 11.4. The standard InChI is InChI=1S/C18H16Cl2FNO2/c19-14-7-10(21)8-15(20)17(14)13-5-4-9(6-16(22)18(23)24)11-2-1-3-12(11)13/h4-5,7-8,16H,1-3,6,22H2,(H,23,24). The lowest BCUT2D eigenvalue weighted by Gasteiger charge is -2.17. The van der Waals surface area contributed by atoms with Gasteiger partial charge >= 0.3 is 5.97 Å². The van der Waals surface area contributed by atoms with E-state index in [1.807, 2.05) is 12.1 Å². The van der Waals surface area contributed by atoms with Crippen LogP contribution in [0.4, 0.5) is 4.39 Å². The summed E-state index contributed by atoms with van der Waals surface area (Å²) in [6.07, 6.45) is 2.97. The topological polar surface area (TPSA) is 63.3 Å².